The Labute approximate surface area is 182 Å². The summed E-state index contributed by atoms with van der Waals surface area (Å²) in [5, 5.41) is 18.3. The number of esters is 1. The molecule has 0 aliphatic rings. The number of aromatic nitrogens is 2. The molecular weight excluding hydrogens is 416 g/mol. The lowest BCUT2D eigenvalue weighted by molar-refractivity contribution is 0.0600. The van der Waals surface area contributed by atoms with Gasteiger partial charge in [0.2, 0.25) is 0 Å². The topological polar surface area (TPSA) is 90.7 Å². The summed E-state index contributed by atoms with van der Waals surface area (Å²) in [6, 6.07) is 17.6. The molecule has 0 amide bonds. The molecule has 0 aliphatic heterocycles. The Morgan fingerprint density at radius 3 is 2.52 bits per heavy atom. The van der Waals surface area contributed by atoms with E-state index in [0.29, 0.717) is 22.4 Å². The molecule has 4 rings (SSSR count). The van der Waals surface area contributed by atoms with Gasteiger partial charge < -0.3 is 14.6 Å². The van der Waals surface area contributed by atoms with Crippen molar-refractivity contribution < 1.29 is 19.4 Å². The second kappa shape index (κ2) is 9.11. The lowest BCUT2D eigenvalue weighted by Crippen LogP contribution is -2.32. The highest BCUT2D eigenvalue weighted by atomic mass is 32.1. The average Bonchev–Trinajstić information content (AvgIpc) is 3.34. The lowest BCUT2D eigenvalue weighted by Gasteiger charge is -2.15. The zero-order valence-electron chi connectivity index (χ0n) is 16.7. The van der Waals surface area contributed by atoms with Crippen LogP contribution in [-0.4, -0.2) is 40.7 Å². The summed E-state index contributed by atoms with van der Waals surface area (Å²) in [6.07, 6.45) is -0.956. The largest absolute Gasteiger partial charge is 0.491 e. The molecule has 2 heterocycles. The van der Waals surface area contributed by atoms with E-state index < -0.39 is 12.1 Å². The van der Waals surface area contributed by atoms with Gasteiger partial charge in [-0.3, -0.25) is 4.79 Å². The number of carbonyl (C=O) groups is 1. The molecule has 0 spiro atoms. The highest BCUT2D eigenvalue weighted by Gasteiger charge is 2.16. The van der Waals surface area contributed by atoms with Gasteiger partial charge in [0.15, 0.2) is 0 Å². The van der Waals surface area contributed by atoms with Gasteiger partial charge in [0.25, 0.3) is 5.56 Å². The highest BCUT2D eigenvalue weighted by Crippen LogP contribution is 2.28. The van der Waals surface area contributed by atoms with Crippen LogP contribution in [0.2, 0.25) is 0 Å². The van der Waals surface area contributed by atoms with Crippen LogP contribution in [-0.2, 0) is 11.3 Å². The normalized spacial score (nSPS) is 11.9. The summed E-state index contributed by atoms with van der Waals surface area (Å²) < 4.78 is 11.5. The monoisotopic (exact) mass is 436 g/mol. The van der Waals surface area contributed by atoms with Crippen LogP contribution in [0.5, 0.6) is 5.75 Å². The maximum absolute atomic E-state index is 12.9. The van der Waals surface area contributed by atoms with Crippen molar-refractivity contribution >= 4 is 28.1 Å². The van der Waals surface area contributed by atoms with Crippen LogP contribution in [0.3, 0.4) is 0 Å². The van der Waals surface area contributed by atoms with Crippen molar-refractivity contribution in [1.82, 2.24) is 9.78 Å². The van der Waals surface area contributed by atoms with Crippen molar-refractivity contribution in [2.24, 2.45) is 0 Å². The van der Waals surface area contributed by atoms with Crippen molar-refractivity contribution in [2.45, 2.75) is 12.6 Å². The van der Waals surface area contributed by atoms with Crippen LogP contribution in [0.1, 0.15) is 10.4 Å². The molecule has 8 heteroatoms. The number of hydrogen-bond donors (Lipinski definition) is 1. The van der Waals surface area contributed by atoms with E-state index in [2.05, 4.69) is 9.84 Å². The van der Waals surface area contributed by atoms with Crippen LogP contribution < -0.4 is 10.3 Å². The van der Waals surface area contributed by atoms with Crippen LogP contribution >= 0.6 is 11.3 Å². The summed E-state index contributed by atoms with van der Waals surface area (Å²) in [4.78, 5) is 25.3. The first-order valence-corrected chi connectivity index (χ1v) is 10.5. The third-order valence-corrected chi connectivity index (χ3v) is 5.60. The first-order chi connectivity index (χ1) is 15.1. The second-order valence-corrected chi connectivity index (χ2v) is 7.79. The molecule has 0 radical (unpaired) electrons. The van der Waals surface area contributed by atoms with Gasteiger partial charge in [0.1, 0.15) is 24.2 Å². The molecular formula is C23H20N2O5S. The summed E-state index contributed by atoms with van der Waals surface area (Å²) in [7, 11) is 1.32. The molecule has 7 nitrogen and oxygen atoms in total. The van der Waals surface area contributed by atoms with Gasteiger partial charge in [-0.15, -0.1) is 11.3 Å². The number of methoxy groups -OCH3 is 1. The Balaban J connectivity index is 1.52. The van der Waals surface area contributed by atoms with Gasteiger partial charge in [-0.25, -0.2) is 9.48 Å². The van der Waals surface area contributed by atoms with Crippen molar-refractivity contribution in [3.63, 3.8) is 0 Å². The third-order valence-electron chi connectivity index (χ3n) is 4.72. The molecule has 4 aromatic rings. The molecule has 0 bridgehead atoms. The predicted octanol–water partition coefficient (Wildman–Crippen LogP) is 3.35. The number of carbonyl (C=O) groups excluding carboxylic acids is 1. The first-order valence-electron chi connectivity index (χ1n) is 9.60. The molecule has 158 valence electrons. The van der Waals surface area contributed by atoms with Crippen LogP contribution in [0.25, 0.3) is 21.3 Å². The minimum absolute atomic E-state index is 0.0116. The molecule has 2 aromatic heterocycles. The number of benzene rings is 2. The van der Waals surface area contributed by atoms with Crippen LogP contribution in [0.15, 0.2) is 70.8 Å². The maximum Gasteiger partial charge on any atom is 0.337 e. The van der Waals surface area contributed by atoms with Crippen molar-refractivity contribution in [2.75, 3.05) is 13.7 Å². The number of hydrogen-bond acceptors (Lipinski definition) is 7. The highest BCUT2D eigenvalue weighted by molar-refractivity contribution is 7.13. The van der Waals surface area contributed by atoms with Crippen molar-refractivity contribution in [3.05, 3.63) is 82.0 Å². The minimum atomic E-state index is -0.956. The number of aliphatic hydroxyl groups is 1. The van der Waals surface area contributed by atoms with E-state index in [1.807, 2.05) is 35.7 Å². The fraction of sp³-hybridized carbons (Fsp3) is 0.174. The molecule has 31 heavy (non-hydrogen) atoms. The summed E-state index contributed by atoms with van der Waals surface area (Å²) in [5.74, 6) is 0.0553. The Kier molecular flexibility index (Phi) is 6.11. The third kappa shape index (κ3) is 4.50. The summed E-state index contributed by atoms with van der Waals surface area (Å²) in [6.45, 7) is -0.0465. The quantitative estimate of drug-likeness (QED) is 0.447. The summed E-state index contributed by atoms with van der Waals surface area (Å²) >= 11 is 1.54. The van der Waals surface area contributed by atoms with Crippen LogP contribution in [0.4, 0.5) is 0 Å². The fourth-order valence-electron chi connectivity index (χ4n) is 3.20. The van der Waals surface area contributed by atoms with E-state index in [0.717, 1.165) is 10.3 Å². The molecule has 1 atom stereocenters. The summed E-state index contributed by atoms with van der Waals surface area (Å²) in [5.41, 5.74) is 0.845. The van der Waals surface area contributed by atoms with E-state index in [1.165, 1.54) is 23.1 Å². The fourth-order valence-corrected chi connectivity index (χ4v) is 3.93. The SMILES string of the molecule is COC(=O)c1ccc(OCC(O)Cn2nc(-c3cccs3)c3ccccc3c2=O)cc1. The molecule has 0 saturated carbocycles. The van der Waals surface area contributed by atoms with Crippen molar-refractivity contribution in [1.29, 1.82) is 0 Å². The molecule has 0 fully saturated rings. The predicted molar refractivity (Wildman–Crippen MR) is 119 cm³/mol. The van der Waals surface area contributed by atoms with Crippen LogP contribution in [0, 0.1) is 0 Å². The Hall–Kier alpha value is -3.49. The molecule has 1 unspecified atom stereocenters. The maximum atomic E-state index is 12.9. The van der Waals surface area contributed by atoms with Crippen molar-refractivity contribution in [3.8, 4) is 16.3 Å². The Bertz CT molecular complexity index is 1250. The van der Waals surface area contributed by atoms with Gasteiger partial charge in [-0.05, 0) is 41.8 Å². The van der Waals surface area contributed by atoms with E-state index in [-0.39, 0.29) is 18.7 Å². The van der Waals surface area contributed by atoms with Gasteiger partial charge in [0, 0.05) is 5.39 Å². The Morgan fingerprint density at radius 1 is 1.10 bits per heavy atom. The molecule has 1 N–H and O–H groups in total. The number of fused-ring (bicyclic) bond motifs is 1. The van der Waals surface area contributed by atoms with Gasteiger partial charge in [0.05, 0.1) is 29.5 Å². The van der Waals surface area contributed by atoms with E-state index >= 15 is 0 Å². The van der Waals surface area contributed by atoms with E-state index in [1.54, 1.807) is 30.3 Å². The number of ether oxygens (including phenoxy) is 2. The average molecular weight is 436 g/mol. The van der Waals surface area contributed by atoms with Gasteiger partial charge in [-0.2, -0.15) is 5.10 Å². The number of thiophene rings is 1. The van der Waals surface area contributed by atoms with E-state index in [4.69, 9.17) is 4.74 Å². The number of nitrogens with zero attached hydrogens (tertiary/aromatic N) is 2. The number of aliphatic hydroxyl groups excluding tert-OH is 1. The Morgan fingerprint density at radius 2 is 1.84 bits per heavy atom. The molecule has 2 aromatic carbocycles. The zero-order chi connectivity index (χ0) is 21.8. The lowest BCUT2D eigenvalue weighted by atomic mass is 10.1. The molecule has 0 saturated heterocycles. The zero-order valence-corrected chi connectivity index (χ0v) is 17.5. The van der Waals surface area contributed by atoms with E-state index in [9.17, 15) is 14.7 Å². The number of rotatable bonds is 7. The minimum Gasteiger partial charge on any atom is -0.491 e. The standard InChI is InChI=1S/C23H20N2O5S/c1-29-23(28)15-8-10-17(11-9-15)30-14-16(26)13-25-22(27)19-6-3-2-5-18(19)21(24-25)20-7-4-12-31-20/h2-12,16,26H,13-14H2,1H3. The molecule has 0 aliphatic carbocycles. The second-order valence-electron chi connectivity index (χ2n) is 6.84. The van der Waals surface area contributed by atoms with Gasteiger partial charge >= 0.3 is 5.97 Å². The first kappa shape index (κ1) is 20.8. The van der Waals surface area contributed by atoms with Gasteiger partial charge in [-0.1, -0.05) is 24.3 Å². The smallest absolute Gasteiger partial charge is 0.337 e.